The molecule has 0 radical (unpaired) electrons. The van der Waals surface area contributed by atoms with Crippen LogP contribution >= 0.6 is 11.6 Å². The summed E-state index contributed by atoms with van der Waals surface area (Å²) in [7, 11) is 0.0446. The molecule has 0 aromatic heterocycles. The molecule has 1 heterocycles. The van der Waals surface area contributed by atoms with Gasteiger partial charge in [0.25, 0.3) is 0 Å². The second-order valence-electron chi connectivity index (χ2n) is 5.38. The second kappa shape index (κ2) is 5.89. The molecular formula is C13H20ClN3O2S. The highest BCUT2D eigenvalue weighted by Gasteiger charge is 2.28. The molecule has 2 rings (SSSR count). The van der Waals surface area contributed by atoms with E-state index in [4.69, 9.17) is 17.3 Å². The van der Waals surface area contributed by atoms with E-state index in [0.29, 0.717) is 17.5 Å². The topological polar surface area (TPSA) is 66.6 Å². The molecular weight excluding hydrogens is 298 g/mol. The molecule has 1 aliphatic heterocycles. The van der Waals surface area contributed by atoms with E-state index >= 15 is 0 Å². The Morgan fingerprint density at radius 3 is 2.80 bits per heavy atom. The molecule has 7 heteroatoms. The third kappa shape index (κ3) is 3.25. The maximum Gasteiger partial charge on any atom is 0.244 e. The van der Waals surface area contributed by atoms with Crippen molar-refractivity contribution in [3.63, 3.8) is 0 Å². The van der Waals surface area contributed by atoms with Crippen LogP contribution in [0.2, 0.25) is 5.02 Å². The molecule has 0 spiro atoms. The molecule has 112 valence electrons. The minimum Gasteiger partial charge on any atom is -0.398 e. The summed E-state index contributed by atoms with van der Waals surface area (Å²) in [4.78, 5) is 2.29. The third-order valence-electron chi connectivity index (χ3n) is 3.67. The Balaban J connectivity index is 2.19. The fraction of sp³-hybridized carbons (Fsp3) is 0.538. The summed E-state index contributed by atoms with van der Waals surface area (Å²) in [6.45, 7) is 2.43. The Labute approximate surface area is 125 Å². The monoisotopic (exact) mass is 317 g/mol. The average molecular weight is 318 g/mol. The SMILES string of the molecule is CN1CCC(CN(C)S(=O)(=O)c2cc(Cl)ccc2N)C1. The van der Waals surface area contributed by atoms with Crippen LogP contribution in [0.25, 0.3) is 0 Å². The summed E-state index contributed by atoms with van der Waals surface area (Å²) >= 11 is 5.87. The van der Waals surface area contributed by atoms with Gasteiger partial charge in [0.15, 0.2) is 0 Å². The molecule has 2 N–H and O–H groups in total. The molecule has 1 atom stereocenters. The first-order valence-corrected chi connectivity index (χ1v) is 8.32. The summed E-state index contributed by atoms with van der Waals surface area (Å²) in [5.74, 6) is 0.361. The van der Waals surface area contributed by atoms with Gasteiger partial charge in [-0.2, -0.15) is 0 Å². The number of sulfonamides is 1. The van der Waals surface area contributed by atoms with Gasteiger partial charge in [-0.15, -0.1) is 0 Å². The Bertz CT molecular complexity index is 591. The summed E-state index contributed by atoms with van der Waals surface area (Å²) < 4.78 is 26.5. The number of nitrogens with zero attached hydrogens (tertiary/aromatic N) is 2. The average Bonchev–Trinajstić information content (AvgIpc) is 2.77. The number of nitrogens with two attached hydrogens (primary N) is 1. The number of anilines is 1. The highest BCUT2D eigenvalue weighted by atomic mass is 35.5. The van der Waals surface area contributed by atoms with Crippen LogP contribution in [0, 0.1) is 5.92 Å². The number of hydrogen-bond acceptors (Lipinski definition) is 4. The van der Waals surface area contributed by atoms with E-state index in [9.17, 15) is 8.42 Å². The lowest BCUT2D eigenvalue weighted by Gasteiger charge is -2.21. The van der Waals surface area contributed by atoms with Crippen molar-refractivity contribution < 1.29 is 8.42 Å². The van der Waals surface area contributed by atoms with Gasteiger partial charge < -0.3 is 10.6 Å². The Morgan fingerprint density at radius 1 is 1.50 bits per heavy atom. The minimum absolute atomic E-state index is 0.0823. The lowest BCUT2D eigenvalue weighted by Crippen LogP contribution is -2.33. The summed E-state index contributed by atoms with van der Waals surface area (Å²) in [5.41, 5.74) is 6.00. The zero-order chi connectivity index (χ0) is 14.9. The van der Waals surface area contributed by atoms with Crippen molar-refractivity contribution in [2.75, 3.05) is 39.5 Å². The van der Waals surface area contributed by atoms with Gasteiger partial charge in [-0.3, -0.25) is 0 Å². The van der Waals surface area contributed by atoms with E-state index in [0.717, 1.165) is 19.5 Å². The molecule has 0 amide bonds. The number of rotatable bonds is 4. The van der Waals surface area contributed by atoms with E-state index in [-0.39, 0.29) is 10.6 Å². The van der Waals surface area contributed by atoms with Crippen LogP contribution in [-0.2, 0) is 10.0 Å². The van der Waals surface area contributed by atoms with Gasteiger partial charge >= 0.3 is 0 Å². The number of hydrogen-bond donors (Lipinski definition) is 1. The van der Waals surface area contributed by atoms with E-state index in [1.165, 1.54) is 16.4 Å². The second-order valence-corrected chi connectivity index (χ2v) is 7.83. The number of nitrogen functional groups attached to an aromatic ring is 1. The van der Waals surface area contributed by atoms with Crippen LogP contribution in [-0.4, -0.2) is 51.4 Å². The maximum atomic E-state index is 12.5. The Kier molecular flexibility index (Phi) is 4.59. The molecule has 1 saturated heterocycles. The largest absolute Gasteiger partial charge is 0.398 e. The molecule has 5 nitrogen and oxygen atoms in total. The molecule has 1 aliphatic rings. The van der Waals surface area contributed by atoms with Crippen molar-refractivity contribution in [2.24, 2.45) is 5.92 Å². The van der Waals surface area contributed by atoms with Crippen LogP contribution in [0.3, 0.4) is 0 Å². The third-order valence-corrected chi connectivity index (χ3v) is 5.78. The Hall–Kier alpha value is -0.820. The van der Waals surface area contributed by atoms with Crippen molar-refractivity contribution in [3.05, 3.63) is 23.2 Å². The lowest BCUT2D eigenvalue weighted by molar-refractivity contribution is 0.357. The molecule has 0 saturated carbocycles. The van der Waals surface area contributed by atoms with Crippen molar-refractivity contribution in [1.82, 2.24) is 9.21 Å². The molecule has 1 unspecified atom stereocenters. The Morgan fingerprint density at radius 2 is 2.20 bits per heavy atom. The predicted molar refractivity (Wildman–Crippen MR) is 81.3 cm³/mol. The van der Waals surface area contributed by atoms with Gasteiger partial charge in [0, 0.05) is 25.2 Å². The summed E-state index contributed by atoms with van der Waals surface area (Å²) in [5, 5.41) is 0.367. The highest BCUT2D eigenvalue weighted by molar-refractivity contribution is 7.89. The summed E-state index contributed by atoms with van der Waals surface area (Å²) in [6.07, 6.45) is 1.02. The van der Waals surface area contributed by atoms with E-state index in [1.807, 2.05) is 7.05 Å². The molecule has 20 heavy (non-hydrogen) atoms. The molecule has 0 aliphatic carbocycles. The van der Waals surface area contributed by atoms with Crippen molar-refractivity contribution in [3.8, 4) is 0 Å². The fourth-order valence-electron chi connectivity index (χ4n) is 2.54. The van der Waals surface area contributed by atoms with Crippen LogP contribution < -0.4 is 5.73 Å². The smallest absolute Gasteiger partial charge is 0.244 e. The highest BCUT2D eigenvalue weighted by Crippen LogP contribution is 2.26. The molecule has 1 aromatic rings. The summed E-state index contributed by atoms with van der Waals surface area (Å²) in [6, 6.07) is 4.51. The fourth-order valence-corrected chi connectivity index (χ4v) is 4.16. The van der Waals surface area contributed by atoms with Gasteiger partial charge in [0.2, 0.25) is 10.0 Å². The molecule has 1 fully saturated rings. The van der Waals surface area contributed by atoms with E-state index in [1.54, 1.807) is 13.1 Å². The van der Waals surface area contributed by atoms with Crippen LogP contribution in [0.4, 0.5) is 5.69 Å². The number of halogens is 1. The van der Waals surface area contributed by atoms with Crippen LogP contribution in [0.1, 0.15) is 6.42 Å². The van der Waals surface area contributed by atoms with E-state index in [2.05, 4.69) is 4.90 Å². The predicted octanol–water partition coefficient (Wildman–Crippen LogP) is 1.49. The van der Waals surface area contributed by atoms with Crippen molar-refractivity contribution >= 4 is 27.3 Å². The van der Waals surface area contributed by atoms with Crippen molar-refractivity contribution in [2.45, 2.75) is 11.3 Å². The first kappa shape index (κ1) is 15.6. The van der Waals surface area contributed by atoms with Gasteiger partial charge in [-0.05, 0) is 44.1 Å². The van der Waals surface area contributed by atoms with Gasteiger partial charge in [0.05, 0.1) is 5.69 Å². The standard InChI is InChI=1S/C13H20ClN3O2S/c1-16-6-5-10(8-16)9-17(2)20(18,19)13-7-11(14)3-4-12(13)15/h3-4,7,10H,5-6,8-9,15H2,1-2H3. The normalized spacial score (nSPS) is 20.7. The van der Waals surface area contributed by atoms with Crippen LogP contribution in [0.5, 0.6) is 0 Å². The first-order chi connectivity index (χ1) is 9.30. The van der Waals surface area contributed by atoms with Gasteiger partial charge in [-0.25, -0.2) is 12.7 Å². The first-order valence-electron chi connectivity index (χ1n) is 6.50. The molecule has 0 bridgehead atoms. The number of benzene rings is 1. The maximum absolute atomic E-state index is 12.5. The quantitative estimate of drug-likeness (QED) is 0.855. The molecule has 1 aromatic carbocycles. The lowest BCUT2D eigenvalue weighted by atomic mass is 10.1. The van der Waals surface area contributed by atoms with E-state index < -0.39 is 10.0 Å². The van der Waals surface area contributed by atoms with Gasteiger partial charge in [0.1, 0.15) is 4.90 Å². The zero-order valence-corrected chi connectivity index (χ0v) is 13.3. The zero-order valence-electron chi connectivity index (χ0n) is 11.7. The van der Waals surface area contributed by atoms with Gasteiger partial charge in [-0.1, -0.05) is 11.6 Å². The van der Waals surface area contributed by atoms with Crippen LogP contribution in [0.15, 0.2) is 23.1 Å². The van der Waals surface area contributed by atoms with Crippen molar-refractivity contribution in [1.29, 1.82) is 0 Å². The minimum atomic E-state index is -3.59. The number of likely N-dealkylation sites (tertiary alicyclic amines) is 1.